The van der Waals surface area contributed by atoms with Crippen LogP contribution in [0.3, 0.4) is 0 Å². The number of anilines is 1. The van der Waals surface area contributed by atoms with E-state index in [4.69, 9.17) is 0 Å². The van der Waals surface area contributed by atoms with Crippen molar-refractivity contribution < 1.29 is 4.79 Å². The van der Waals surface area contributed by atoms with Crippen molar-refractivity contribution in [2.24, 2.45) is 7.05 Å². The first kappa shape index (κ1) is 24.0. The molecule has 176 valence electrons. The summed E-state index contributed by atoms with van der Waals surface area (Å²) in [7, 11) is 1.94. The second-order valence-electron chi connectivity index (χ2n) is 7.80. The van der Waals surface area contributed by atoms with E-state index in [1.54, 1.807) is 11.3 Å². The average Bonchev–Trinajstić information content (AvgIpc) is 3.53. The Bertz CT molecular complexity index is 1190. The molecule has 8 heteroatoms. The molecule has 34 heavy (non-hydrogen) atoms. The summed E-state index contributed by atoms with van der Waals surface area (Å²) in [5, 5.41) is 14.6. The van der Waals surface area contributed by atoms with Gasteiger partial charge < -0.3 is 14.8 Å². The van der Waals surface area contributed by atoms with E-state index in [9.17, 15) is 4.79 Å². The predicted molar refractivity (Wildman–Crippen MR) is 141 cm³/mol. The summed E-state index contributed by atoms with van der Waals surface area (Å²) < 4.78 is 1.94. The van der Waals surface area contributed by atoms with Crippen LogP contribution in [-0.4, -0.2) is 39.5 Å². The van der Waals surface area contributed by atoms with Gasteiger partial charge in [-0.05, 0) is 55.1 Å². The zero-order valence-corrected chi connectivity index (χ0v) is 21.3. The lowest BCUT2D eigenvalue weighted by Gasteiger charge is -2.21. The third-order valence-corrected chi connectivity index (χ3v) is 7.64. The number of aromatic nitrogens is 3. The standard InChI is InChI=1S/C26H29N5OS2/c1-4-31(5-2)21-15-13-20(14-16-21)25-28-29-26(30(25)3)34-18-23(32)27-24(22-12-9-17-33-22)19-10-7-6-8-11-19/h6-17,24H,4-5,18H2,1-3H3,(H,27,32). The van der Waals surface area contributed by atoms with Crippen LogP contribution in [0, 0.1) is 0 Å². The Morgan fingerprint density at radius 3 is 2.41 bits per heavy atom. The average molecular weight is 492 g/mol. The van der Waals surface area contributed by atoms with E-state index in [0.29, 0.717) is 5.16 Å². The van der Waals surface area contributed by atoms with Gasteiger partial charge >= 0.3 is 0 Å². The number of thioether (sulfide) groups is 1. The van der Waals surface area contributed by atoms with Crippen LogP contribution in [0.2, 0.25) is 0 Å². The SMILES string of the molecule is CCN(CC)c1ccc(-c2nnc(SCC(=O)NC(c3ccccc3)c3cccs3)n2C)cc1. The summed E-state index contributed by atoms with van der Waals surface area (Å²) in [4.78, 5) is 16.3. The molecule has 1 unspecified atom stereocenters. The molecule has 4 rings (SSSR count). The van der Waals surface area contributed by atoms with E-state index < -0.39 is 0 Å². The van der Waals surface area contributed by atoms with Gasteiger partial charge in [0.05, 0.1) is 11.8 Å². The largest absolute Gasteiger partial charge is 0.372 e. The molecule has 0 saturated carbocycles. The van der Waals surface area contributed by atoms with Gasteiger partial charge in [-0.3, -0.25) is 4.79 Å². The van der Waals surface area contributed by atoms with Crippen molar-refractivity contribution in [3.63, 3.8) is 0 Å². The van der Waals surface area contributed by atoms with Crippen LogP contribution in [0.5, 0.6) is 0 Å². The van der Waals surface area contributed by atoms with Gasteiger partial charge in [-0.1, -0.05) is 48.2 Å². The van der Waals surface area contributed by atoms with Gasteiger partial charge in [-0.25, -0.2) is 0 Å². The summed E-state index contributed by atoms with van der Waals surface area (Å²) in [5.74, 6) is 1.01. The number of amides is 1. The highest BCUT2D eigenvalue weighted by molar-refractivity contribution is 7.99. The van der Waals surface area contributed by atoms with E-state index in [1.807, 2.05) is 53.4 Å². The van der Waals surface area contributed by atoms with Crippen LogP contribution < -0.4 is 10.2 Å². The highest BCUT2D eigenvalue weighted by atomic mass is 32.2. The maximum absolute atomic E-state index is 12.9. The Hall–Kier alpha value is -3.10. The molecule has 0 spiro atoms. The van der Waals surface area contributed by atoms with Gasteiger partial charge in [0.15, 0.2) is 11.0 Å². The lowest BCUT2D eigenvalue weighted by atomic mass is 10.1. The highest BCUT2D eigenvalue weighted by Crippen LogP contribution is 2.27. The topological polar surface area (TPSA) is 63.1 Å². The first-order valence-electron chi connectivity index (χ1n) is 11.4. The third-order valence-electron chi connectivity index (χ3n) is 5.69. The Morgan fingerprint density at radius 2 is 1.76 bits per heavy atom. The first-order valence-corrected chi connectivity index (χ1v) is 13.2. The van der Waals surface area contributed by atoms with Crippen molar-refractivity contribution in [1.29, 1.82) is 0 Å². The smallest absolute Gasteiger partial charge is 0.231 e. The number of benzene rings is 2. The van der Waals surface area contributed by atoms with Gasteiger partial charge in [0, 0.05) is 36.3 Å². The van der Waals surface area contributed by atoms with E-state index in [1.165, 1.54) is 17.4 Å². The van der Waals surface area contributed by atoms with Gasteiger partial charge in [-0.2, -0.15) is 0 Å². The molecular weight excluding hydrogens is 462 g/mol. The molecule has 0 aliphatic carbocycles. The number of hydrogen-bond acceptors (Lipinski definition) is 6. The molecule has 2 aromatic heterocycles. The molecular formula is C26H29N5OS2. The van der Waals surface area contributed by atoms with Crippen molar-refractivity contribution in [2.45, 2.75) is 25.0 Å². The van der Waals surface area contributed by atoms with Gasteiger partial charge in [0.1, 0.15) is 0 Å². The zero-order valence-electron chi connectivity index (χ0n) is 19.6. The van der Waals surface area contributed by atoms with Gasteiger partial charge in [0.2, 0.25) is 5.91 Å². The molecule has 1 atom stereocenters. The Kier molecular flexibility index (Phi) is 8.03. The minimum absolute atomic E-state index is 0.0413. The Morgan fingerprint density at radius 1 is 1.03 bits per heavy atom. The second kappa shape index (κ2) is 11.4. The second-order valence-corrected chi connectivity index (χ2v) is 9.72. The highest BCUT2D eigenvalue weighted by Gasteiger charge is 2.19. The number of hydrogen-bond donors (Lipinski definition) is 1. The van der Waals surface area contributed by atoms with Crippen LogP contribution in [0.4, 0.5) is 5.69 Å². The number of carbonyl (C=O) groups is 1. The molecule has 4 aromatic rings. The van der Waals surface area contributed by atoms with Crippen molar-refractivity contribution in [3.8, 4) is 11.4 Å². The third kappa shape index (κ3) is 5.51. The molecule has 0 aliphatic rings. The molecule has 0 fully saturated rings. The molecule has 2 heterocycles. The molecule has 0 bridgehead atoms. The van der Waals surface area contributed by atoms with Gasteiger partial charge in [-0.15, -0.1) is 21.5 Å². The number of rotatable bonds is 10. The van der Waals surface area contributed by atoms with Crippen molar-refractivity contribution in [1.82, 2.24) is 20.1 Å². The fourth-order valence-corrected chi connectivity index (χ4v) is 5.38. The molecule has 2 aromatic carbocycles. The summed E-state index contributed by atoms with van der Waals surface area (Å²) in [6, 6.07) is 22.3. The summed E-state index contributed by atoms with van der Waals surface area (Å²) in [5.41, 5.74) is 3.27. The molecule has 6 nitrogen and oxygen atoms in total. The molecule has 0 aliphatic heterocycles. The van der Waals surface area contributed by atoms with E-state index in [0.717, 1.165) is 34.9 Å². The summed E-state index contributed by atoms with van der Waals surface area (Å²) in [6.07, 6.45) is 0. The zero-order chi connectivity index (χ0) is 23.9. The van der Waals surface area contributed by atoms with Crippen LogP contribution >= 0.6 is 23.1 Å². The molecule has 1 amide bonds. The first-order chi connectivity index (χ1) is 16.6. The van der Waals surface area contributed by atoms with E-state index in [2.05, 4.69) is 64.6 Å². The van der Waals surface area contributed by atoms with E-state index >= 15 is 0 Å². The van der Waals surface area contributed by atoms with Crippen LogP contribution in [0.15, 0.2) is 77.3 Å². The monoisotopic (exact) mass is 491 g/mol. The van der Waals surface area contributed by atoms with Crippen LogP contribution in [0.25, 0.3) is 11.4 Å². The summed E-state index contributed by atoms with van der Waals surface area (Å²) >= 11 is 3.03. The van der Waals surface area contributed by atoms with Crippen molar-refractivity contribution in [3.05, 3.63) is 82.6 Å². The van der Waals surface area contributed by atoms with Crippen LogP contribution in [0.1, 0.15) is 30.3 Å². The van der Waals surface area contributed by atoms with Crippen molar-refractivity contribution >= 4 is 34.7 Å². The normalized spacial score (nSPS) is 11.9. The number of nitrogens with zero attached hydrogens (tertiary/aromatic N) is 4. The van der Waals surface area contributed by atoms with E-state index in [-0.39, 0.29) is 17.7 Å². The van der Waals surface area contributed by atoms with Crippen molar-refractivity contribution in [2.75, 3.05) is 23.7 Å². The predicted octanol–water partition coefficient (Wildman–Crippen LogP) is 5.39. The minimum Gasteiger partial charge on any atom is -0.372 e. The fourth-order valence-electron chi connectivity index (χ4n) is 3.85. The number of carbonyl (C=O) groups excluding carboxylic acids is 1. The Balaban J connectivity index is 1.42. The maximum Gasteiger partial charge on any atom is 0.231 e. The molecule has 0 saturated heterocycles. The quantitative estimate of drug-likeness (QED) is 0.302. The maximum atomic E-state index is 12.9. The number of nitrogens with one attached hydrogen (secondary N) is 1. The minimum atomic E-state index is -0.159. The number of thiophene rings is 1. The summed E-state index contributed by atoms with van der Waals surface area (Å²) in [6.45, 7) is 6.25. The van der Waals surface area contributed by atoms with Crippen LogP contribution in [-0.2, 0) is 11.8 Å². The molecule has 1 N–H and O–H groups in total. The lowest BCUT2D eigenvalue weighted by Crippen LogP contribution is -2.30. The Labute approximate surface area is 209 Å². The van der Waals surface area contributed by atoms with Gasteiger partial charge in [0.25, 0.3) is 0 Å². The molecule has 0 radical (unpaired) electrons. The lowest BCUT2D eigenvalue weighted by molar-refractivity contribution is -0.119. The fraction of sp³-hybridized carbons (Fsp3) is 0.269.